The van der Waals surface area contributed by atoms with Gasteiger partial charge in [-0.25, -0.2) is 9.59 Å². The number of carbonyl (C=O) groups excluding carboxylic acids is 3. The molecule has 4 aromatic rings. The van der Waals surface area contributed by atoms with E-state index in [-0.39, 0.29) is 43.3 Å². The lowest BCUT2D eigenvalue weighted by Gasteiger charge is -2.43. The third kappa shape index (κ3) is 11.1. The number of nitrogens with one attached hydrogen (secondary N) is 2. The molecule has 302 valence electrons. The van der Waals surface area contributed by atoms with Gasteiger partial charge in [-0.1, -0.05) is 97.9 Å². The number of amides is 2. The van der Waals surface area contributed by atoms with Gasteiger partial charge < -0.3 is 34.7 Å². The van der Waals surface area contributed by atoms with E-state index in [4.69, 9.17) is 18.9 Å². The summed E-state index contributed by atoms with van der Waals surface area (Å²) in [5.74, 6) is -0.770. The summed E-state index contributed by atoms with van der Waals surface area (Å²) < 4.78 is 24.3. The molecule has 0 aromatic heterocycles. The molecule has 6 rings (SSSR count). The van der Waals surface area contributed by atoms with Gasteiger partial charge in [-0.3, -0.25) is 9.69 Å². The zero-order chi connectivity index (χ0) is 40.5. The van der Waals surface area contributed by atoms with Crippen molar-refractivity contribution in [3.63, 3.8) is 0 Å². The van der Waals surface area contributed by atoms with Crippen LogP contribution in [0.25, 0.3) is 11.1 Å². The van der Waals surface area contributed by atoms with Crippen molar-refractivity contribution in [2.24, 2.45) is 5.92 Å². The van der Waals surface area contributed by atoms with E-state index in [1.165, 1.54) is 7.11 Å². The smallest absolute Gasteiger partial charge is 0.328 e. The van der Waals surface area contributed by atoms with E-state index in [9.17, 15) is 19.5 Å². The second-order valence-electron chi connectivity index (χ2n) is 15.9. The number of benzene rings is 4. The first kappa shape index (κ1) is 41.6. The van der Waals surface area contributed by atoms with Gasteiger partial charge in [0.15, 0.2) is 6.29 Å². The van der Waals surface area contributed by atoms with E-state index >= 15 is 0 Å². The SMILES string of the molecule is COC(=O)C(Cc1ccccc1)NC(=O)NCc1cccc(-c2cccc(C3OC(CN4CCCC4C(=O)OC(C)(C)C)C(C)C(c4ccc(CO)cc4)O3)c2)c1. The van der Waals surface area contributed by atoms with Crippen LogP contribution in [0.3, 0.4) is 0 Å². The fourth-order valence-corrected chi connectivity index (χ4v) is 7.54. The van der Waals surface area contributed by atoms with Crippen LogP contribution < -0.4 is 10.6 Å². The average molecular weight is 778 g/mol. The van der Waals surface area contributed by atoms with Crippen LogP contribution in [0.2, 0.25) is 0 Å². The zero-order valence-corrected chi connectivity index (χ0v) is 33.5. The Balaban J connectivity index is 1.18. The Hall–Kier alpha value is -5.07. The number of nitrogens with zero attached hydrogens (tertiary/aromatic N) is 1. The van der Waals surface area contributed by atoms with Crippen molar-refractivity contribution in [2.45, 2.75) is 96.3 Å². The monoisotopic (exact) mass is 777 g/mol. The highest BCUT2D eigenvalue weighted by atomic mass is 16.7. The zero-order valence-electron chi connectivity index (χ0n) is 33.5. The van der Waals surface area contributed by atoms with E-state index in [1.807, 2.05) is 118 Å². The highest BCUT2D eigenvalue weighted by molar-refractivity contribution is 5.83. The maximum Gasteiger partial charge on any atom is 0.328 e. The Kier molecular flexibility index (Phi) is 13.8. The molecule has 2 aliphatic heterocycles. The lowest BCUT2D eigenvalue weighted by molar-refractivity contribution is -0.276. The molecule has 0 bridgehead atoms. The molecule has 11 heteroatoms. The average Bonchev–Trinajstić information content (AvgIpc) is 3.69. The van der Waals surface area contributed by atoms with Gasteiger partial charge >= 0.3 is 18.0 Å². The number of esters is 2. The number of ether oxygens (including phenoxy) is 4. The second-order valence-corrected chi connectivity index (χ2v) is 15.9. The Morgan fingerprint density at radius 2 is 1.56 bits per heavy atom. The molecule has 0 saturated carbocycles. The first-order valence-corrected chi connectivity index (χ1v) is 19.7. The van der Waals surface area contributed by atoms with Crippen molar-refractivity contribution in [1.29, 1.82) is 0 Å². The van der Waals surface area contributed by atoms with Crippen molar-refractivity contribution in [3.05, 3.63) is 131 Å². The van der Waals surface area contributed by atoms with Gasteiger partial charge in [0.2, 0.25) is 0 Å². The molecule has 2 heterocycles. The maximum atomic E-state index is 13.2. The van der Waals surface area contributed by atoms with Crippen LogP contribution in [-0.2, 0) is 48.1 Å². The van der Waals surface area contributed by atoms with Gasteiger partial charge in [-0.05, 0) is 85.7 Å². The van der Waals surface area contributed by atoms with E-state index in [0.717, 1.165) is 58.3 Å². The third-order valence-corrected chi connectivity index (χ3v) is 10.5. The van der Waals surface area contributed by atoms with Gasteiger partial charge in [0.25, 0.3) is 0 Å². The van der Waals surface area contributed by atoms with Crippen molar-refractivity contribution in [3.8, 4) is 11.1 Å². The van der Waals surface area contributed by atoms with Crippen LogP contribution >= 0.6 is 0 Å². The van der Waals surface area contributed by atoms with Crippen LogP contribution in [0.15, 0.2) is 103 Å². The number of urea groups is 1. The number of aliphatic hydroxyl groups excluding tert-OH is 1. The molecule has 3 N–H and O–H groups in total. The molecular formula is C46H55N3O8. The number of likely N-dealkylation sites (tertiary alicyclic amines) is 1. The largest absolute Gasteiger partial charge is 0.467 e. The Morgan fingerprint density at radius 1 is 0.860 bits per heavy atom. The molecule has 6 unspecified atom stereocenters. The summed E-state index contributed by atoms with van der Waals surface area (Å²) in [7, 11) is 1.30. The molecule has 4 aromatic carbocycles. The standard InChI is InChI=1S/C46H55N3O8/c1-30-40(28-49-23-11-18-39(49)43(52)57-46(2,3)4)55-44(56-41(30)34-21-19-32(29-50)20-22-34)37-17-10-16-36(26-37)35-15-9-14-33(24-35)27-47-45(53)48-38(42(51)54-5)25-31-12-7-6-8-13-31/h6-10,12-17,19-22,24,26,30,38-41,44,50H,11,18,23,25,27-29H2,1-5H3,(H2,47,48,53). The fraction of sp³-hybridized carbons (Fsp3) is 0.413. The predicted octanol–water partition coefficient (Wildman–Crippen LogP) is 7.03. The predicted molar refractivity (Wildman–Crippen MR) is 217 cm³/mol. The normalized spacial score (nSPS) is 21.7. The lowest BCUT2D eigenvalue weighted by Crippen LogP contribution is -2.48. The Morgan fingerprint density at radius 3 is 2.26 bits per heavy atom. The highest BCUT2D eigenvalue weighted by Gasteiger charge is 2.42. The first-order valence-electron chi connectivity index (χ1n) is 19.7. The molecule has 0 spiro atoms. The van der Waals surface area contributed by atoms with Gasteiger partial charge in [-0.15, -0.1) is 0 Å². The van der Waals surface area contributed by atoms with Gasteiger partial charge in [0, 0.05) is 31.0 Å². The first-order chi connectivity index (χ1) is 27.4. The summed E-state index contributed by atoms with van der Waals surface area (Å²) in [6.07, 6.45) is 0.697. The molecule has 2 saturated heterocycles. The highest BCUT2D eigenvalue weighted by Crippen LogP contribution is 2.43. The van der Waals surface area contributed by atoms with Crippen LogP contribution in [0.5, 0.6) is 0 Å². The number of hydrogen-bond donors (Lipinski definition) is 3. The van der Waals surface area contributed by atoms with Crippen LogP contribution in [0.1, 0.15) is 80.7 Å². The van der Waals surface area contributed by atoms with Crippen molar-refractivity contribution in [2.75, 3.05) is 20.2 Å². The van der Waals surface area contributed by atoms with E-state index in [0.29, 0.717) is 13.0 Å². The lowest BCUT2D eigenvalue weighted by atomic mass is 9.89. The van der Waals surface area contributed by atoms with Crippen LogP contribution in [-0.4, -0.2) is 72.0 Å². The number of aliphatic hydroxyl groups is 1. The molecule has 2 fully saturated rings. The fourth-order valence-electron chi connectivity index (χ4n) is 7.54. The van der Waals surface area contributed by atoms with Gasteiger partial charge in [0.05, 0.1) is 25.9 Å². The Labute approximate surface area is 335 Å². The molecule has 0 aliphatic carbocycles. The molecule has 57 heavy (non-hydrogen) atoms. The number of carbonyl (C=O) groups is 3. The Bertz CT molecular complexity index is 1960. The van der Waals surface area contributed by atoms with E-state index < -0.39 is 29.9 Å². The molecule has 6 atom stereocenters. The van der Waals surface area contributed by atoms with Crippen molar-refractivity contribution in [1.82, 2.24) is 15.5 Å². The summed E-state index contributed by atoms with van der Waals surface area (Å²) in [6, 6.07) is 31.6. The minimum Gasteiger partial charge on any atom is -0.467 e. The van der Waals surface area contributed by atoms with Crippen molar-refractivity contribution < 1.29 is 38.4 Å². The molecule has 0 radical (unpaired) electrons. The van der Waals surface area contributed by atoms with Gasteiger partial charge in [0.1, 0.15) is 17.7 Å². The summed E-state index contributed by atoms with van der Waals surface area (Å²) in [5.41, 5.74) is 5.76. The van der Waals surface area contributed by atoms with Crippen molar-refractivity contribution >= 4 is 18.0 Å². The summed E-state index contributed by atoms with van der Waals surface area (Å²) in [6.45, 7) is 9.32. The number of hydrogen-bond acceptors (Lipinski definition) is 9. The molecule has 2 amide bonds. The molecule has 2 aliphatic rings. The number of methoxy groups -OCH3 is 1. The second kappa shape index (κ2) is 18.9. The maximum absolute atomic E-state index is 13.2. The third-order valence-electron chi connectivity index (χ3n) is 10.5. The quantitative estimate of drug-likeness (QED) is 0.122. The molecular weight excluding hydrogens is 723 g/mol. The van der Waals surface area contributed by atoms with E-state index in [1.54, 1.807) is 0 Å². The topological polar surface area (TPSA) is 136 Å². The van der Waals surface area contributed by atoms with Gasteiger partial charge in [-0.2, -0.15) is 0 Å². The van der Waals surface area contributed by atoms with Crippen LogP contribution in [0.4, 0.5) is 4.79 Å². The minimum atomic E-state index is -0.834. The summed E-state index contributed by atoms with van der Waals surface area (Å²) in [5, 5.41) is 15.3. The molecule has 11 nitrogen and oxygen atoms in total. The minimum absolute atomic E-state index is 0.0431. The summed E-state index contributed by atoms with van der Waals surface area (Å²) >= 11 is 0. The summed E-state index contributed by atoms with van der Waals surface area (Å²) in [4.78, 5) is 40.8. The number of rotatable bonds is 13. The van der Waals surface area contributed by atoms with Crippen LogP contribution in [0, 0.1) is 5.92 Å². The van der Waals surface area contributed by atoms with E-state index in [2.05, 4.69) is 28.5 Å².